The minimum Gasteiger partial charge on any atom is -0.387 e. The fraction of sp³-hybridized carbons (Fsp3) is 0.618. The van der Waals surface area contributed by atoms with Gasteiger partial charge in [-0.25, -0.2) is 0 Å². The highest BCUT2D eigenvalue weighted by molar-refractivity contribution is 6.00. The summed E-state index contributed by atoms with van der Waals surface area (Å²) >= 11 is 0. The molecule has 2 aromatic rings. The Morgan fingerprint density at radius 2 is 1.66 bits per heavy atom. The van der Waals surface area contributed by atoms with Crippen LogP contribution in [-0.4, -0.2) is 63.1 Å². The van der Waals surface area contributed by atoms with Gasteiger partial charge >= 0.3 is 0 Å². The normalized spacial score (nSPS) is 23.9. The summed E-state index contributed by atoms with van der Waals surface area (Å²) in [6, 6.07) is 11.1. The van der Waals surface area contributed by atoms with Gasteiger partial charge in [-0.1, -0.05) is 83.2 Å². The van der Waals surface area contributed by atoms with Crippen LogP contribution < -0.4 is 5.56 Å². The summed E-state index contributed by atoms with van der Waals surface area (Å²) in [6.07, 6.45) is 11.2. The van der Waals surface area contributed by atoms with Crippen molar-refractivity contribution >= 4 is 11.8 Å². The van der Waals surface area contributed by atoms with Gasteiger partial charge in [-0.2, -0.15) is 0 Å². The second kappa shape index (κ2) is 12.1. The zero-order valence-corrected chi connectivity index (χ0v) is 25.1. The summed E-state index contributed by atoms with van der Waals surface area (Å²) in [5.74, 6) is 0.718. The van der Waals surface area contributed by atoms with Crippen LogP contribution in [0.5, 0.6) is 0 Å². The summed E-state index contributed by atoms with van der Waals surface area (Å²) < 4.78 is 1.51. The first-order valence-corrected chi connectivity index (χ1v) is 15.7. The van der Waals surface area contributed by atoms with Gasteiger partial charge in [0.05, 0.1) is 17.7 Å². The van der Waals surface area contributed by atoms with Crippen LogP contribution in [0, 0.1) is 17.3 Å². The maximum absolute atomic E-state index is 13.6. The van der Waals surface area contributed by atoms with E-state index in [1.165, 1.54) is 36.7 Å². The van der Waals surface area contributed by atoms with E-state index >= 15 is 0 Å². The molecule has 1 saturated carbocycles. The molecule has 2 aliphatic heterocycles. The van der Waals surface area contributed by atoms with E-state index in [1.807, 2.05) is 54.0 Å². The minimum absolute atomic E-state index is 0.0209. The number of aromatic nitrogens is 1. The van der Waals surface area contributed by atoms with Crippen molar-refractivity contribution in [1.82, 2.24) is 14.4 Å². The molecule has 222 valence electrons. The van der Waals surface area contributed by atoms with Gasteiger partial charge in [0.15, 0.2) is 0 Å². The molecule has 7 heteroatoms. The van der Waals surface area contributed by atoms with Crippen LogP contribution in [0.1, 0.15) is 88.9 Å². The lowest BCUT2D eigenvalue weighted by atomic mass is 9.69. The SMILES string of the molecule is C[C@H](CC1CCCCC1)C(=O)N1CC[C@@](O)(Cn2cc(C(=O)N3CCCC3)c(-c3ccccc3)cc2=O)C(C)(C)C1. The average Bonchev–Trinajstić information content (AvgIpc) is 3.51. The van der Waals surface area contributed by atoms with Crippen LogP contribution in [0.2, 0.25) is 0 Å². The number of piperidine rings is 1. The van der Waals surface area contributed by atoms with E-state index in [4.69, 9.17) is 0 Å². The van der Waals surface area contributed by atoms with Crippen molar-refractivity contribution in [2.45, 2.75) is 90.7 Å². The molecular weight excluding hydrogens is 514 g/mol. The molecule has 3 fully saturated rings. The number of hydrogen-bond donors (Lipinski definition) is 1. The van der Waals surface area contributed by atoms with Gasteiger partial charge in [0.2, 0.25) is 5.91 Å². The topological polar surface area (TPSA) is 82.8 Å². The molecule has 2 atom stereocenters. The van der Waals surface area contributed by atoms with Gasteiger partial charge < -0.3 is 19.5 Å². The number of benzene rings is 1. The van der Waals surface area contributed by atoms with Crippen molar-refractivity contribution < 1.29 is 14.7 Å². The summed E-state index contributed by atoms with van der Waals surface area (Å²) in [7, 11) is 0. The lowest BCUT2D eigenvalue weighted by Gasteiger charge is -2.51. The molecule has 7 nitrogen and oxygen atoms in total. The highest BCUT2D eigenvalue weighted by Crippen LogP contribution is 2.41. The minimum atomic E-state index is -1.21. The van der Waals surface area contributed by atoms with Crippen molar-refractivity contribution in [3.8, 4) is 11.1 Å². The van der Waals surface area contributed by atoms with E-state index in [0.29, 0.717) is 49.6 Å². The lowest BCUT2D eigenvalue weighted by Crippen LogP contribution is -2.61. The molecule has 1 aromatic carbocycles. The molecule has 1 aromatic heterocycles. The summed E-state index contributed by atoms with van der Waals surface area (Å²) in [5, 5.41) is 12.0. The predicted molar refractivity (Wildman–Crippen MR) is 162 cm³/mol. The van der Waals surface area contributed by atoms with E-state index in [0.717, 1.165) is 24.8 Å². The van der Waals surface area contributed by atoms with Crippen LogP contribution >= 0.6 is 0 Å². The zero-order chi connectivity index (χ0) is 29.2. The Hall–Kier alpha value is -2.93. The van der Waals surface area contributed by atoms with E-state index in [-0.39, 0.29) is 29.8 Å². The average molecular weight is 562 g/mol. The van der Waals surface area contributed by atoms with Gasteiger partial charge in [-0.3, -0.25) is 14.4 Å². The largest absolute Gasteiger partial charge is 0.387 e. The Bertz CT molecular complexity index is 1290. The first kappa shape index (κ1) is 29.6. The van der Waals surface area contributed by atoms with E-state index in [1.54, 1.807) is 12.3 Å². The lowest BCUT2D eigenvalue weighted by molar-refractivity contribution is -0.157. The number of rotatable bonds is 7. The Morgan fingerprint density at radius 1 is 0.976 bits per heavy atom. The number of carbonyl (C=O) groups excluding carboxylic acids is 2. The number of hydrogen-bond acceptors (Lipinski definition) is 4. The first-order valence-electron chi connectivity index (χ1n) is 15.7. The molecule has 3 aliphatic rings. The second-order valence-electron chi connectivity index (χ2n) is 13.5. The van der Waals surface area contributed by atoms with Crippen molar-refractivity contribution in [3.05, 3.63) is 58.5 Å². The number of nitrogens with zero attached hydrogens (tertiary/aromatic N) is 3. The molecule has 2 amide bonds. The zero-order valence-electron chi connectivity index (χ0n) is 25.1. The molecule has 0 unspecified atom stereocenters. The fourth-order valence-corrected chi connectivity index (χ4v) is 7.27. The highest BCUT2D eigenvalue weighted by Gasteiger charge is 2.49. The molecule has 2 saturated heterocycles. The van der Waals surface area contributed by atoms with E-state index in [9.17, 15) is 19.5 Å². The van der Waals surface area contributed by atoms with Crippen LogP contribution in [0.25, 0.3) is 11.1 Å². The summed E-state index contributed by atoms with van der Waals surface area (Å²) in [6.45, 7) is 8.43. The number of pyridine rings is 1. The molecule has 3 heterocycles. The maximum atomic E-state index is 13.6. The second-order valence-corrected chi connectivity index (χ2v) is 13.5. The smallest absolute Gasteiger partial charge is 0.255 e. The predicted octanol–water partition coefficient (Wildman–Crippen LogP) is 5.35. The van der Waals surface area contributed by atoms with Gasteiger partial charge in [-0.05, 0) is 37.2 Å². The number of aliphatic hydroxyl groups is 1. The third-order valence-corrected chi connectivity index (χ3v) is 10.1. The molecule has 0 bridgehead atoms. The van der Waals surface area contributed by atoms with Crippen molar-refractivity contribution in [2.75, 3.05) is 26.2 Å². The monoisotopic (exact) mass is 561 g/mol. The molecule has 0 radical (unpaired) electrons. The van der Waals surface area contributed by atoms with Gasteiger partial charge in [0.25, 0.3) is 11.5 Å². The van der Waals surface area contributed by atoms with Crippen LogP contribution in [0.4, 0.5) is 0 Å². The molecule has 1 aliphatic carbocycles. The van der Waals surface area contributed by atoms with E-state index < -0.39 is 11.0 Å². The third-order valence-electron chi connectivity index (χ3n) is 10.1. The Labute approximate surface area is 244 Å². The molecular formula is C34H47N3O4. The van der Waals surface area contributed by atoms with Gasteiger partial charge in [0.1, 0.15) is 0 Å². The number of likely N-dealkylation sites (tertiary alicyclic amines) is 2. The van der Waals surface area contributed by atoms with E-state index in [2.05, 4.69) is 6.92 Å². The van der Waals surface area contributed by atoms with Crippen molar-refractivity contribution in [3.63, 3.8) is 0 Å². The quantitative estimate of drug-likeness (QED) is 0.494. The molecule has 1 N–H and O–H groups in total. The Morgan fingerprint density at radius 3 is 2.32 bits per heavy atom. The van der Waals surface area contributed by atoms with Crippen LogP contribution in [-0.2, 0) is 11.3 Å². The maximum Gasteiger partial charge on any atom is 0.255 e. The van der Waals surface area contributed by atoms with Gasteiger partial charge in [-0.15, -0.1) is 0 Å². The number of amides is 2. The van der Waals surface area contributed by atoms with Gasteiger partial charge in [0, 0.05) is 55.3 Å². The van der Waals surface area contributed by atoms with Crippen LogP contribution in [0.15, 0.2) is 47.4 Å². The summed E-state index contributed by atoms with van der Waals surface area (Å²) in [5.41, 5.74) is -0.145. The Balaban J connectivity index is 1.36. The summed E-state index contributed by atoms with van der Waals surface area (Å²) in [4.78, 5) is 44.3. The Kier molecular flexibility index (Phi) is 8.74. The molecule has 5 rings (SSSR count). The van der Waals surface area contributed by atoms with Crippen molar-refractivity contribution in [1.29, 1.82) is 0 Å². The van der Waals surface area contributed by atoms with Crippen LogP contribution in [0.3, 0.4) is 0 Å². The molecule has 41 heavy (non-hydrogen) atoms. The number of carbonyl (C=O) groups is 2. The standard InChI is InChI=1S/C34H47N3O4/c1-25(20-26-12-6-4-7-13-26)31(39)36-19-16-34(41,33(2,3)23-36)24-37-22-29(32(40)35-17-10-11-18-35)28(21-30(37)38)27-14-8-5-9-15-27/h5,8-9,14-15,21-22,25-26,41H,4,6-7,10-13,16-20,23-24H2,1-3H3/t25-,34-/m1/s1. The fourth-order valence-electron chi connectivity index (χ4n) is 7.27. The van der Waals surface area contributed by atoms with Crippen molar-refractivity contribution in [2.24, 2.45) is 17.3 Å². The first-order chi connectivity index (χ1) is 19.6. The molecule has 0 spiro atoms. The third kappa shape index (κ3) is 6.30. The highest BCUT2D eigenvalue weighted by atomic mass is 16.3.